The Morgan fingerprint density at radius 2 is 2.24 bits per heavy atom. The Morgan fingerprint density at radius 3 is 2.94 bits per heavy atom. The number of benzene rings is 1. The van der Waals surface area contributed by atoms with Gasteiger partial charge in [0, 0.05) is 6.54 Å². The summed E-state index contributed by atoms with van der Waals surface area (Å²) in [5.74, 6) is 0. The second kappa shape index (κ2) is 7.25. The Labute approximate surface area is 99.6 Å². The van der Waals surface area contributed by atoms with Gasteiger partial charge in [-0.2, -0.15) is 5.26 Å². The van der Waals surface area contributed by atoms with Gasteiger partial charge in [-0.15, -0.1) is 0 Å². The quantitative estimate of drug-likeness (QED) is 0.731. The number of nitrogens with one attached hydrogen (secondary N) is 1. The van der Waals surface area contributed by atoms with Crippen molar-refractivity contribution in [3.05, 3.63) is 35.4 Å². The molecule has 0 heterocycles. The number of ether oxygens (including phenoxy) is 1. The van der Waals surface area contributed by atoms with Gasteiger partial charge in [0.1, 0.15) is 0 Å². The summed E-state index contributed by atoms with van der Waals surface area (Å²) in [5.41, 5.74) is 1.94. The molecule has 0 aliphatic carbocycles. The first-order valence-corrected chi connectivity index (χ1v) is 5.21. The lowest BCUT2D eigenvalue weighted by atomic mass is 10.1. The van der Waals surface area contributed by atoms with Crippen LogP contribution in [0.1, 0.15) is 11.1 Å². The number of amides is 1. The molecule has 0 saturated heterocycles. The minimum Gasteiger partial charge on any atom is -0.465 e. The highest BCUT2D eigenvalue weighted by Gasteiger charge is 1.97. The number of nitriles is 1. The lowest BCUT2D eigenvalue weighted by Gasteiger charge is -2.05. The van der Waals surface area contributed by atoms with Gasteiger partial charge in [-0.3, -0.25) is 0 Å². The molecule has 0 aromatic heterocycles. The van der Waals surface area contributed by atoms with Crippen molar-refractivity contribution in [2.24, 2.45) is 0 Å². The highest BCUT2D eigenvalue weighted by Crippen LogP contribution is 2.06. The van der Waals surface area contributed by atoms with E-state index in [4.69, 9.17) is 15.1 Å². The molecule has 0 spiro atoms. The molecule has 0 bridgehead atoms. The summed E-state index contributed by atoms with van der Waals surface area (Å²) in [6, 6.07) is 9.67. The maximum absolute atomic E-state index is 10.2. The van der Waals surface area contributed by atoms with Gasteiger partial charge >= 0.3 is 6.09 Å². The molecule has 90 valence electrons. The fourth-order valence-electron chi connectivity index (χ4n) is 1.34. The summed E-state index contributed by atoms with van der Waals surface area (Å²) in [6.45, 7) is 1.02. The molecular formula is C12H14N2O3. The maximum Gasteiger partial charge on any atom is 0.404 e. The molecule has 2 N–H and O–H groups in total. The zero-order valence-electron chi connectivity index (χ0n) is 9.35. The van der Waals surface area contributed by atoms with Gasteiger partial charge in [0.2, 0.25) is 0 Å². The van der Waals surface area contributed by atoms with Crippen molar-refractivity contribution in [2.75, 3.05) is 13.2 Å². The smallest absolute Gasteiger partial charge is 0.404 e. The molecule has 0 aliphatic heterocycles. The highest BCUT2D eigenvalue weighted by atomic mass is 16.5. The Hall–Kier alpha value is -2.06. The van der Waals surface area contributed by atoms with Crippen molar-refractivity contribution in [1.82, 2.24) is 5.32 Å². The van der Waals surface area contributed by atoms with Crippen LogP contribution >= 0.6 is 0 Å². The Balaban J connectivity index is 2.29. The zero-order chi connectivity index (χ0) is 12.5. The van der Waals surface area contributed by atoms with E-state index in [1.54, 1.807) is 0 Å². The number of nitrogens with zero attached hydrogens (tertiary/aromatic N) is 1. The van der Waals surface area contributed by atoms with Crippen molar-refractivity contribution >= 4 is 6.09 Å². The Bertz CT molecular complexity index is 412. The van der Waals surface area contributed by atoms with E-state index in [0.29, 0.717) is 19.6 Å². The Kier molecular flexibility index (Phi) is 5.55. The van der Waals surface area contributed by atoms with E-state index in [1.165, 1.54) is 0 Å². The SMILES string of the molecule is N#CCc1cccc(COCCNC(=O)O)c1. The molecule has 0 aliphatic rings. The first-order valence-electron chi connectivity index (χ1n) is 5.21. The van der Waals surface area contributed by atoms with E-state index < -0.39 is 6.09 Å². The third-order valence-electron chi connectivity index (χ3n) is 2.07. The fraction of sp³-hybridized carbons (Fsp3) is 0.333. The first-order chi connectivity index (χ1) is 8.22. The number of hydrogen-bond acceptors (Lipinski definition) is 3. The van der Waals surface area contributed by atoms with Crippen LogP contribution in [0.4, 0.5) is 4.79 Å². The monoisotopic (exact) mass is 234 g/mol. The lowest BCUT2D eigenvalue weighted by Crippen LogP contribution is -2.25. The summed E-state index contributed by atoms with van der Waals surface area (Å²) < 4.78 is 5.29. The molecule has 0 unspecified atom stereocenters. The van der Waals surface area contributed by atoms with E-state index in [9.17, 15) is 4.79 Å². The van der Waals surface area contributed by atoms with Crippen molar-refractivity contribution in [1.29, 1.82) is 5.26 Å². The minimum atomic E-state index is -1.05. The van der Waals surface area contributed by atoms with Gasteiger partial charge in [-0.1, -0.05) is 24.3 Å². The summed E-state index contributed by atoms with van der Waals surface area (Å²) in [4.78, 5) is 10.2. The molecular weight excluding hydrogens is 220 g/mol. The van der Waals surface area contributed by atoms with Crippen LogP contribution < -0.4 is 5.32 Å². The van der Waals surface area contributed by atoms with Gasteiger partial charge in [0.05, 0.1) is 25.7 Å². The largest absolute Gasteiger partial charge is 0.465 e. The minimum absolute atomic E-state index is 0.271. The third kappa shape index (κ3) is 5.54. The van der Waals surface area contributed by atoms with Gasteiger partial charge < -0.3 is 15.2 Å². The van der Waals surface area contributed by atoms with E-state index in [-0.39, 0.29) is 6.54 Å². The molecule has 0 atom stereocenters. The predicted octanol–water partition coefficient (Wildman–Crippen LogP) is 1.54. The van der Waals surface area contributed by atoms with Crippen LogP contribution in [0.5, 0.6) is 0 Å². The second-order valence-electron chi connectivity index (χ2n) is 3.44. The van der Waals surface area contributed by atoms with Crippen LogP contribution in [0.2, 0.25) is 0 Å². The van der Waals surface area contributed by atoms with E-state index >= 15 is 0 Å². The predicted molar refractivity (Wildman–Crippen MR) is 61.4 cm³/mol. The molecule has 5 nitrogen and oxygen atoms in total. The van der Waals surface area contributed by atoms with Gasteiger partial charge in [-0.25, -0.2) is 4.79 Å². The third-order valence-corrected chi connectivity index (χ3v) is 2.07. The molecule has 17 heavy (non-hydrogen) atoms. The average molecular weight is 234 g/mol. The summed E-state index contributed by atoms with van der Waals surface area (Å²) in [7, 11) is 0. The standard InChI is InChI=1S/C12H14N2O3/c13-5-4-10-2-1-3-11(8-10)9-17-7-6-14-12(15)16/h1-3,8,14H,4,6-7,9H2,(H,15,16). The summed E-state index contributed by atoms with van der Waals surface area (Å²) >= 11 is 0. The number of carboxylic acid groups (broad SMARTS) is 1. The molecule has 1 amide bonds. The average Bonchev–Trinajstić information content (AvgIpc) is 2.29. The van der Waals surface area contributed by atoms with Crippen LogP contribution in [-0.4, -0.2) is 24.4 Å². The molecule has 1 aromatic carbocycles. The zero-order valence-corrected chi connectivity index (χ0v) is 9.35. The molecule has 0 radical (unpaired) electrons. The van der Waals surface area contributed by atoms with Gasteiger partial charge in [0.15, 0.2) is 0 Å². The topological polar surface area (TPSA) is 82.3 Å². The molecule has 0 saturated carbocycles. The number of carbonyl (C=O) groups is 1. The van der Waals surface area contributed by atoms with Crippen LogP contribution in [0.3, 0.4) is 0 Å². The van der Waals surface area contributed by atoms with Crippen molar-refractivity contribution in [3.63, 3.8) is 0 Å². The fourth-order valence-corrected chi connectivity index (χ4v) is 1.34. The maximum atomic E-state index is 10.2. The molecule has 1 rings (SSSR count). The Morgan fingerprint density at radius 1 is 1.47 bits per heavy atom. The highest BCUT2D eigenvalue weighted by molar-refractivity contribution is 5.64. The molecule has 5 heteroatoms. The second-order valence-corrected chi connectivity index (χ2v) is 3.44. The molecule has 1 aromatic rings. The van der Waals surface area contributed by atoms with Crippen LogP contribution in [0, 0.1) is 11.3 Å². The normalized spacial score (nSPS) is 9.59. The summed E-state index contributed by atoms with van der Waals surface area (Å²) in [6.07, 6.45) is -0.668. The van der Waals surface area contributed by atoms with Crippen molar-refractivity contribution < 1.29 is 14.6 Å². The van der Waals surface area contributed by atoms with Crippen LogP contribution in [-0.2, 0) is 17.8 Å². The van der Waals surface area contributed by atoms with E-state index in [0.717, 1.165) is 11.1 Å². The van der Waals surface area contributed by atoms with Crippen molar-refractivity contribution in [2.45, 2.75) is 13.0 Å². The lowest BCUT2D eigenvalue weighted by molar-refractivity contribution is 0.120. The van der Waals surface area contributed by atoms with E-state index in [1.807, 2.05) is 24.3 Å². The van der Waals surface area contributed by atoms with Gasteiger partial charge in [-0.05, 0) is 11.1 Å². The first kappa shape index (κ1) is 13.0. The molecule has 0 fully saturated rings. The van der Waals surface area contributed by atoms with E-state index in [2.05, 4.69) is 11.4 Å². The summed E-state index contributed by atoms with van der Waals surface area (Å²) in [5, 5.41) is 19.1. The number of hydrogen-bond donors (Lipinski definition) is 2. The van der Waals surface area contributed by atoms with Crippen molar-refractivity contribution in [3.8, 4) is 6.07 Å². The number of rotatable bonds is 6. The van der Waals surface area contributed by atoms with Crippen LogP contribution in [0.25, 0.3) is 0 Å². The van der Waals surface area contributed by atoms with Crippen LogP contribution in [0.15, 0.2) is 24.3 Å². The van der Waals surface area contributed by atoms with Gasteiger partial charge in [0.25, 0.3) is 0 Å².